The van der Waals surface area contributed by atoms with Crippen LogP contribution in [0.4, 0.5) is 0 Å². The molecule has 0 spiro atoms. The van der Waals surface area contributed by atoms with Crippen molar-refractivity contribution in [3.8, 4) is 5.88 Å². The van der Waals surface area contributed by atoms with E-state index in [-0.39, 0.29) is 5.41 Å². The maximum Gasteiger partial charge on any atom is 0.216 e. The summed E-state index contributed by atoms with van der Waals surface area (Å²) < 4.78 is 5.55. The molecule has 0 N–H and O–H groups in total. The number of rotatable bonds is 0. The summed E-state index contributed by atoms with van der Waals surface area (Å²) in [6.07, 6.45) is 4.07. The van der Waals surface area contributed by atoms with Crippen LogP contribution in [0.3, 0.4) is 0 Å². The monoisotopic (exact) mass is 221 g/mol. The fraction of sp³-hybridized carbons (Fsp3) is 0.643. The van der Waals surface area contributed by atoms with E-state index in [4.69, 9.17) is 4.74 Å². The van der Waals surface area contributed by atoms with E-state index in [0.29, 0.717) is 0 Å². The average Bonchev–Trinajstić information content (AvgIpc) is 2.30. The second-order valence-electron chi connectivity index (χ2n) is 4.84. The normalized spacial score (nSPS) is 14.3. The van der Waals surface area contributed by atoms with Gasteiger partial charge in [-0.05, 0) is 29.9 Å². The Labute approximate surface area is 99.0 Å². The number of hydrogen-bond acceptors (Lipinski definition) is 2. The van der Waals surface area contributed by atoms with Crippen LogP contribution in [0.1, 0.15) is 52.2 Å². The van der Waals surface area contributed by atoms with E-state index in [9.17, 15) is 0 Å². The van der Waals surface area contributed by atoms with Crippen molar-refractivity contribution in [1.29, 1.82) is 0 Å². The van der Waals surface area contributed by atoms with Gasteiger partial charge >= 0.3 is 0 Å². The Hall–Kier alpha value is -1.05. The minimum atomic E-state index is 0.188. The predicted octanol–water partition coefficient (Wildman–Crippen LogP) is 3.73. The zero-order chi connectivity index (χ0) is 12.2. The predicted molar refractivity (Wildman–Crippen MR) is 68.1 cm³/mol. The molecule has 1 aromatic heterocycles. The van der Waals surface area contributed by atoms with Crippen molar-refractivity contribution in [2.45, 2.75) is 52.9 Å². The number of aromatic nitrogens is 1. The SMILES string of the molecule is CC.CC(C)(C)c1ccnc2c1CCCO2. The maximum absolute atomic E-state index is 5.55. The van der Waals surface area contributed by atoms with E-state index >= 15 is 0 Å². The molecule has 1 aliphatic heterocycles. The summed E-state index contributed by atoms with van der Waals surface area (Å²) in [4.78, 5) is 4.27. The molecule has 2 rings (SSSR count). The Balaban J connectivity index is 0.000000606. The van der Waals surface area contributed by atoms with Gasteiger partial charge in [0.2, 0.25) is 5.88 Å². The van der Waals surface area contributed by atoms with Crippen molar-refractivity contribution in [1.82, 2.24) is 4.98 Å². The van der Waals surface area contributed by atoms with Crippen LogP contribution in [-0.2, 0) is 11.8 Å². The van der Waals surface area contributed by atoms with Crippen LogP contribution in [0.2, 0.25) is 0 Å². The van der Waals surface area contributed by atoms with Gasteiger partial charge in [0.25, 0.3) is 0 Å². The summed E-state index contributed by atoms with van der Waals surface area (Å²) in [5.74, 6) is 0.851. The first kappa shape index (κ1) is 13.0. The molecule has 0 aromatic carbocycles. The van der Waals surface area contributed by atoms with Crippen LogP contribution >= 0.6 is 0 Å². The summed E-state index contributed by atoms with van der Waals surface area (Å²) >= 11 is 0. The molecule has 16 heavy (non-hydrogen) atoms. The highest BCUT2D eigenvalue weighted by Gasteiger charge is 2.22. The van der Waals surface area contributed by atoms with E-state index in [1.807, 2.05) is 20.0 Å². The first-order valence-corrected chi connectivity index (χ1v) is 6.20. The molecule has 0 saturated carbocycles. The topological polar surface area (TPSA) is 22.1 Å². The Morgan fingerprint density at radius 3 is 2.56 bits per heavy atom. The zero-order valence-electron chi connectivity index (χ0n) is 11.1. The lowest BCUT2D eigenvalue weighted by Gasteiger charge is -2.26. The van der Waals surface area contributed by atoms with E-state index in [2.05, 4.69) is 31.8 Å². The first-order chi connectivity index (χ1) is 7.59. The van der Waals surface area contributed by atoms with Crippen LogP contribution in [0, 0.1) is 0 Å². The van der Waals surface area contributed by atoms with Crippen LogP contribution in [0.15, 0.2) is 12.3 Å². The highest BCUT2D eigenvalue weighted by molar-refractivity contribution is 5.39. The number of ether oxygens (including phenoxy) is 1. The summed E-state index contributed by atoms with van der Waals surface area (Å²) in [5.41, 5.74) is 2.88. The van der Waals surface area contributed by atoms with E-state index in [0.717, 1.165) is 25.3 Å². The van der Waals surface area contributed by atoms with Gasteiger partial charge in [0.15, 0.2) is 0 Å². The lowest BCUT2D eigenvalue weighted by molar-refractivity contribution is 0.274. The van der Waals surface area contributed by atoms with Crippen LogP contribution < -0.4 is 4.74 Å². The molecule has 0 amide bonds. The molecule has 2 heteroatoms. The van der Waals surface area contributed by atoms with Gasteiger partial charge in [-0.2, -0.15) is 0 Å². The number of hydrogen-bond donors (Lipinski definition) is 0. The van der Waals surface area contributed by atoms with Gasteiger partial charge in [0, 0.05) is 11.8 Å². The molecule has 2 heterocycles. The van der Waals surface area contributed by atoms with Gasteiger partial charge in [-0.15, -0.1) is 0 Å². The summed E-state index contributed by atoms with van der Waals surface area (Å²) in [7, 11) is 0. The fourth-order valence-electron chi connectivity index (χ4n) is 1.96. The molecule has 0 fully saturated rings. The molecule has 90 valence electrons. The Morgan fingerprint density at radius 1 is 1.25 bits per heavy atom. The highest BCUT2D eigenvalue weighted by Crippen LogP contribution is 2.32. The lowest BCUT2D eigenvalue weighted by Crippen LogP contribution is -2.19. The zero-order valence-corrected chi connectivity index (χ0v) is 11.1. The number of nitrogens with zero attached hydrogens (tertiary/aromatic N) is 1. The standard InChI is InChI=1S/C12H17NO.C2H6/c1-12(2,3)10-6-7-13-11-9(10)5-4-8-14-11;1-2/h6-7H,4-5,8H2,1-3H3;1-2H3. The molecular weight excluding hydrogens is 198 g/mol. The van der Waals surface area contributed by atoms with Crippen molar-refractivity contribution in [2.75, 3.05) is 6.61 Å². The third kappa shape index (κ3) is 2.75. The van der Waals surface area contributed by atoms with Gasteiger partial charge in [-0.25, -0.2) is 4.98 Å². The number of pyridine rings is 1. The Bertz CT molecular complexity index is 339. The second-order valence-corrected chi connectivity index (χ2v) is 4.84. The molecule has 0 radical (unpaired) electrons. The van der Waals surface area contributed by atoms with Crippen molar-refractivity contribution < 1.29 is 4.74 Å². The highest BCUT2D eigenvalue weighted by atomic mass is 16.5. The fourth-order valence-corrected chi connectivity index (χ4v) is 1.96. The number of fused-ring (bicyclic) bond motifs is 1. The van der Waals surface area contributed by atoms with Crippen molar-refractivity contribution in [2.24, 2.45) is 0 Å². The van der Waals surface area contributed by atoms with Gasteiger partial charge in [-0.3, -0.25) is 0 Å². The van der Waals surface area contributed by atoms with E-state index < -0.39 is 0 Å². The lowest BCUT2D eigenvalue weighted by atomic mass is 9.83. The Morgan fingerprint density at radius 2 is 1.94 bits per heavy atom. The van der Waals surface area contributed by atoms with Gasteiger partial charge in [0.1, 0.15) is 0 Å². The molecule has 1 aromatic rings. The average molecular weight is 221 g/mol. The maximum atomic E-state index is 5.55. The third-order valence-electron chi connectivity index (χ3n) is 2.63. The van der Waals surface area contributed by atoms with Crippen LogP contribution in [0.25, 0.3) is 0 Å². The smallest absolute Gasteiger partial charge is 0.216 e. The van der Waals surface area contributed by atoms with Crippen molar-refractivity contribution >= 4 is 0 Å². The van der Waals surface area contributed by atoms with Crippen LogP contribution in [-0.4, -0.2) is 11.6 Å². The second kappa shape index (κ2) is 5.33. The molecular formula is C14H23NO. The van der Waals surface area contributed by atoms with Gasteiger partial charge in [-0.1, -0.05) is 34.6 Å². The van der Waals surface area contributed by atoms with Gasteiger partial charge < -0.3 is 4.74 Å². The quantitative estimate of drug-likeness (QED) is 0.666. The molecule has 0 unspecified atom stereocenters. The first-order valence-electron chi connectivity index (χ1n) is 6.20. The van der Waals surface area contributed by atoms with Crippen molar-refractivity contribution in [3.63, 3.8) is 0 Å². The molecule has 2 nitrogen and oxygen atoms in total. The minimum absolute atomic E-state index is 0.188. The summed E-state index contributed by atoms with van der Waals surface area (Å²) in [5, 5.41) is 0. The Kier molecular flexibility index (Phi) is 4.34. The minimum Gasteiger partial charge on any atom is -0.477 e. The molecule has 0 saturated heterocycles. The van der Waals surface area contributed by atoms with E-state index in [1.54, 1.807) is 0 Å². The molecule has 0 bridgehead atoms. The molecule has 0 atom stereocenters. The van der Waals surface area contributed by atoms with Crippen LogP contribution in [0.5, 0.6) is 5.88 Å². The van der Waals surface area contributed by atoms with E-state index in [1.165, 1.54) is 11.1 Å². The van der Waals surface area contributed by atoms with Gasteiger partial charge in [0.05, 0.1) is 6.61 Å². The molecule has 1 aliphatic rings. The van der Waals surface area contributed by atoms with Crippen molar-refractivity contribution in [3.05, 3.63) is 23.4 Å². The summed E-state index contributed by atoms with van der Waals surface area (Å²) in [6.45, 7) is 11.5. The third-order valence-corrected chi connectivity index (χ3v) is 2.63. The largest absolute Gasteiger partial charge is 0.477 e. The molecule has 0 aliphatic carbocycles. The summed E-state index contributed by atoms with van der Waals surface area (Å²) in [6, 6.07) is 2.12.